The van der Waals surface area contributed by atoms with E-state index in [1.165, 1.54) is 28.2 Å². The van der Waals surface area contributed by atoms with Crippen LogP contribution in [0.25, 0.3) is 0 Å². The standard InChI is InChI=1S/C12H21NS/c1-9-7-10(2)14-11(9)5-6-12(3,4)8-13/h7H,5-6,8,13H2,1-4H3. The third-order valence-corrected chi connectivity index (χ3v) is 3.94. The first-order valence-corrected chi connectivity index (χ1v) is 6.02. The zero-order valence-electron chi connectivity index (χ0n) is 9.68. The molecule has 80 valence electrons. The summed E-state index contributed by atoms with van der Waals surface area (Å²) in [5.74, 6) is 0. The second-order valence-corrected chi connectivity index (χ2v) is 6.17. The Hall–Kier alpha value is -0.340. The quantitative estimate of drug-likeness (QED) is 0.812. The lowest BCUT2D eigenvalue weighted by molar-refractivity contribution is 0.349. The van der Waals surface area contributed by atoms with Crippen LogP contribution in [-0.4, -0.2) is 6.54 Å². The lowest BCUT2D eigenvalue weighted by Gasteiger charge is -2.21. The van der Waals surface area contributed by atoms with Crippen LogP contribution in [0.5, 0.6) is 0 Å². The van der Waals surface area contributed by atoms with Crippen LogP contribution in [0.4, 0.5) is 0 Å². The third kappa shape index (κ3) is 3.10. The molecule has 0 radical (unpaired) electrons. The Kier molecular flexibility index (Phi) is 3.73. The fraction of sp³-hybridized carbons (Fsp3) is 0.667. The Labute approximate surface area is 91.3 Å². The van der Waals surface area contributed by atoms with E-state index in [0.29, 0.717) is 0 Å². The molecule has 1 rings (SSSR count). The van der Waals surface area contributed by atoms with Crippen molar-refractivity contribution in [3.8, 4) is 0 Å². The van der Waals surface area contributed by atoms with Crippen molar-refractivity contribution in [1.29, 1.82) is 0 Å². The molecule has 0 fully saturated rings. The molecule has 0 aromatic carbocycles. The van der Waals surface area contributed by atoms with Gasteiger partial charge in [0.15, 0.2) is 0 Å². The number of hydrogen-bond donors (Lipinski definition) is 1. The van der Waals surface area contributed by atoms with Crippen molar-refractivity contribution in [2.24, 2.45) is 11.1 Å². The van der Waals surface area contributed by atoms with Gasteiger partial charge in [-0.25, -0.2) is 0 Å². The summed E-state index contributed by atoms with van der Waals surface area (Å²) in [6.45, 7) is 9.63. The van der Waals surface area contributed by atoms with E-state index >= 15 is 0 Å². The van der Waals surface area contributed by atoms with E-state index in [0.717, 1.165) is 6.54 Å². The fourth-order valence-corrected chi connectivity index (χ4v) is 2.54. The van der Waals surface area contributed by atoms with Gasteiger partial charge in [-0.15, -0.1) is 11.3 Å². The normalized spacial score (nSPS) is 12.1. The Balaban J connectivity index is 2.58. The molecule has 0 aliphatic heterocycles. The summed E-state index contributed by atoms with van der Waals surface area (Å²) in [5.41, 5.74) is 7.44. The van der Waals surface area contributed by atoms with Crippen molar-refractivity contribution < 1.29 is 0 Å². The molecule has 0 aliphatic rings. The second kappa shape index (κ2) is 4.45. The zero-order chi connectivity index (χ0) is 10.8. The van der Waals surface area contributed by atoms with Crippen LogP contribution in [-0.2, 0) is 6.42 Å². The predicted octanol–water partition coefficient (Wildman–Crippen LogP) is 3.28. The van der Waals surface area contributed by atoms with E-state index in [-0.39, 0.29) is 5.41 Å². The molecule has 14 heavy (non-hydrogen) atoms. The van der Waals surface area contributed by atoms with Crippen LogP contribution in [0, 0.1) is 19.3 Å². The molecule has 0 atom stereocenters. The second-order valence-electron chi connectivity index (χ2n) is 4.83. The molecule has 1 aromatic heterocycles. The summed E-state index contributed by atoms with van der Waals surface area (Å²) in [6.07, 6.45) is 2.36. The smallest absolute Gasteiger partial charge is 0.00774 e. The summed E-state index contributed by atoms with van der Waals surface area (Å²) >= 11 is 1.92. The Bertz CT molecular complexity index is 299. The summed E-state index contributed by atoms with van der Waals surface area (Å²) in [6, 6.07) is 2.27. The van der Waals surface area contributed by atoms with Gasteiger partial charge in [0.2, 0.25) is 0 Å². The number of nitrogens with two attached hydrogens (primary N) is 1. The van der Waals surface area contributed by atoms with Crippen molar-refractivity contribution in [2.75, 3.05) is 6.54 Å². The molecule has 2 N–H and O–H groups in total. The molecule has 0 amide bonds. The van der Waals surface area contributed by atoms with Crippen LogP contribution in [0.3, 0.4) is 0 Å². The van der Waals surface area contributed by atoms with Gasteiger partial charge in [0.05, 0.1) is 0 Å². The topological polar surface area (TPSA) is 26.0 Å². The average Bonchev–Trinajstić information content (AvgIpc) is 2.42. The fourth-order valence-electron chi connectivity index (χ4n) is 1.49. The predicted molar refractivity (Wildman–Crippen MR) is 64.9 cm³/mol. The number of aryl methyl sites for hydroxylation is 3. The number of rotatable bonds is 4. The molecule has 1 heterocycles. The van der Waals surface area contributed by atoms with Crippen molar-refractivity contribution in [1.82, 2.24) is 0 Å². The van der Waals surface area contributed by atoms with Gasteiger partial charge in [-0.05, 0) is 50.3 Å². The van der Waals surface area contributed by atoms with Gasteiger partial charge in [0.25, 0.3) is 0 Å². The third-order valence-electron chi connectivity index (χ3n) is 2.73. The molecule has 0 aliphatic carbocycles. The molecular formula is C12H21NS. The zero-order valence-corrected chi connectivity index (χ0v) is 10.5. The molecule has 1 nitrogen and oxygen atoms in total. The first-order valence-electron chi connectivity index (χ1n) is 5.20. The Morgan fingerprint density at radius 1 is 1.36 bits per heavy atom. The van der Waals surface area contributed by atoms with E-state index in [4.69, 9.17) is 5.73 Å². The van der Waals surface area contributed by atoms with Crippen molar-refractivity contribution in [3.63, 3.8) is 0 Å². The highest BCUT2D eigenvalue weighted by Crippen LogP contribution is 2.27. The Morgan fingerprint density at radius 3 is 2.43 bits per heavy atom. The highest BCUT2D eigenvalue weighted by Gasteiger charge is 2.16. The summed E-state index contributed by atoms with van der Waals surface area (Å²) in [7, 11) is 0. The maximum absolute atomic E-state index is 5.72. The highest BCUT2D eigenvalue weighted by atomic mass is 32.1. The molecule has 0 spiro atoms. The van der Waals surface area contributed by atoms with Crippen molar-refractivity contribution >= 4 is 11.3 Å². The maximum Gasteiger partial charge on any atom is 0.00774 e. The van der Waals surface area contributed by atoms with Crippen LogP contribution in [0.15, 0.2) is 6.07 Å². The van der Waals surface area contributed by atoms with Gasteiger partial charge in [0, 0.05) is 9.75 Å². The lowest BCUT2D eigenvalue weighted by atomic mass is 9.87. The molecule has 0 saturated carbocycles. The summed E-state index contributed by atoms with van der Waals surface area (Å²) < 4.78 is 0. The number of thiophene rings is 1. The minimum absolute atomic E-state index is 0.282. The molecule has 0 saturated heterocycles. The molecule has 2 heteroatoms. The van der Waals surface area contributed by atoms with Gasteiger partial charge in [0.1, 0.15) is 0 Å². The van der Waals surface area contributed by atoms with E-state index in [1.54, 1.807) is 0 Å². The summed E-state index contributed by atoms with van der Waals surface area (Å²) in [4.78, 5) is 2.95. The van der Waals surface area contributed by atoms with Crippen LogP contribution in [0.2, 0.25) is 0 Å². The first-order chi connectivity index (χ1) is 6.44. The van der Waals surface area contributed by atoms with Crippen LogP contribution < -0.4 is 5.73 Å². The van der Waals surface area contributed by atoms with E-state index < -0.39 is 0 Å². The van der Waals surface area contributed by atoms with Gasteiger partial charge in [-0.2, -0.15) is 0 Å². The van der Waals surface area contributed by atoms with Gasteiger partial charge in [-0.3, -0.25) is 0 Å². The van der Waals surface area contributed by atoms with Crippen molar-refractivity contribution in [2.45, 2.75) is 40.5 Å². The van der Waals surface area contributed by atoms with Gasteiger partial charge in [-0.1, -0.05) is 13.8 Å². The van der Waals surface area contributed by atoms with Gasteiger partial charge >= 0.3 is 0 Å². The first kappa shape index (κ1) is 11.7. The minimum Gasteiger partial charge on any atom is -0.330 e. The van der Waals surface area contributed by atoms with E-state index in [2.05, 4.69) is 33.8 Å². The summed E-state index contributed by atoms with van der Waals surface area (Å²) in [5, 5.41) is 0. The lowest BCUT2D eigenvalue weighted by Crippen LogP contribution is -2.23. The molecular weight excluding hydrogens is 190 g/mol. The van der Waals surface area contributed by atoms with Crippen LogP contribution >= 0.6 is 11.3 Å². The molecule has 1 aromatic rings. The largest absolute Gasteiger partial charge is 0.330 e. The Morgan fingerprint density at radius 2 is 2.00 bits per heavy atom. The van der Waals surface area contributed by atoms with Crippen molar-refractivity contribution in [3.05, 3.63) is 21.4 Å². The van der Waals surface area contributed by atoms with Gasteiger partial charge < -0.3 is 5.73 Å². The molecule has 0 bridgehead atoms. The SMILES string of the molecule is Cc1cc(C)c(CCC(C)(C)CN)s1. The highest BCUT2D eigenvalue weighted by molar-refractivity contribution is 7.12. The monoisotopic (exact) mass is 211 g/mol. The minimum atomic E-state index is 0.282. The van der Waals surface area contributed by atoms with Crippen LogP contribution in [0.1, 0.15) is 35.6 Å². The van der Waals surface area contributed by atoms with E-state index in [1.807, 2.05) is 11.3 Å². The maximum atomic E-state index is 5.72. The molecule has 0 unspecified atom stereocenters. The van der Waals surface area contributed by atoms with E-state index in [9.17, 15) is 0 Å². The average molecular weight is 211 g/mol. The number of hydrogen-bond acceptors (Lipinski definition) is 2.